The van der Waals surface area contributed by atoms with Crippen LogP contribution in [0.5, 0.6) is 0 Å². The molecule has 1 atom stereocenters. The molecule has 25 heavy (non-hydrogen) atoms. The molecule has 5 nitrogen and oxygen atoms in total. The van der Waals surface area contributed by atoms with Crippen LogP contribution in [0.1, 0.15) is 26.7 Å². The van der Waals surface area contributed by atoms with Gasteiger partial charge >= 0.3 is 0 Å². The fourth-order valence-corrected chi connectivity index (χ4v) is 3.67. The van der Waals surface area contributed by atoms with Crippen LogP contribution in [0.4, 0.5) is 11.4 Å². The zero-order chi connectivity index (χ0) is 17.8. The maximum absolute atomic E-state index is 12.8. The van der Waals surface area contributed by atoms with Crippen molar-refractivity contribution in [3.05, 3.63) is 23.2 Å². The Labute approximate surface area is 155 Å². The monoisotopic (exact) mass is 365 g/mol. The van der Waals surface area contributed by atoms with Gasteiger partial charge in [-0.15, -0.1) is 0 Å². The first-order chi connectivity index (χ1) is 12.0. The van der Waals surface area contributed by atoms with Gasteiger partial charge in [-0.1, -0.05) is 18.5 Å². The quantitative estimate of drug-likeness (QED) is 0.889. The highest BCUT2D eigenvalue weighted by atomic mass is 35.5. The van der Waals surface area contributed by atoms with E-state index in [9.17, 15) is 4.79 Å². The van der Waals surface area contributed by atoms with Crippen molar-refractivity contribution in [2.45, 2.75) is 32.7 Å². The number of carbonyl (C=O) groups excluding carboxylic acids is 1. The minimum absolute atomic E-state index is 0.166. The second-order valence-corrected chi connectivity index (χ2v) is 7.57. The maximum Gasteiger partial charge on any atom is 0.244 e. The fraction of sp³-hybridized carbons (Fsp3) is 0.632. The van der Waals surface area contributed by atoms with Gasteiger partial charge in [-0.2, -0.15) is 0 Å². The van der Waals surface area contributed by atoms with Crippen molar-refractivity contribution >= 4 is 28.9 Å². The molecule has 0 aliphatic carbocycles. The van der Waals surface area contributed by atoms with Gasteiger partial charge in [0.25, 0.3) is 0 Å². The molecule has 1 N–H and O–H groups in total. The standard InChI is InChI=1S/C19H28ClN3O2/c1-14-5-7-23(8-6-14)19(24)15(2)21-17-13-16(20)3-4-18(17)22-9-11-25-12-10-22/h3-4,13-15,21H,5-12H2,1-2H3/t15-/m0/s1. The molecule has 138 valence electrons. The highest BCUT2D eigenvalue weighted by molar-refractivity contribution is 6.31. The van der Waals surface area contributed by atoms with Crippen LogP contribution in [0.15, 0.2) is 18.2 Å². The number of piperidine rings is 1. The highest BCUT2D eigenvalue weighted by Crippen LogP contribution is 2.30. The van der Waals surface area contributed by atoms with Crippen LogP contribution in [0, 0.1) is 5.92 Å². The second-order valence-electron chi connectivity index (χ2n) is 7.13. The third-order valence-electron chi connectivity index (χ3n) is 5.15. The van der Waals surface area contributed by atoms with Gasteiger partial charge < -0.3 is 19.9 Å². The largest absolute Gasteiger partial charge is 0.378 e. The third kappa shape index (κ3) is 4.59. The summed E-state index contributed by atoms with van der Waals surface area (Å²) in [6, 6.07) is 5.56. The van der Waals surface area contributed by atoms with E-state index < -0.39 is 0 Å². The van der Waals surface area contributed by atoms with Crippen molar-refractivity contribution in [3.8, 4) is 0 Å². The number of benzene rings is 1. The Hall–Kier alpha value is -1.46. The lowest BCUT2D eigenvalue weighted by Gasteiger charge is -2.34. The maximum atomic E-state index is 12.8. The van der Waals surface area contributed by atoms with Crippen molar-refractivity contribution in [2.75, 3.05) is 49.6 Å². The molecule has 0 spiro atoms. The summed E-state index contributed by atoms with van der Waals surface area (Å²) in [5.74, 6) is 0.882. The first-order valence-corrected chi connectivity index (χ1v) is 9.60. The smallest absolute Gasteiger partial charge is 0.244 e. The molecule has 2 heterocycles. The number of rotatable bonds is 4. The zero-order valence-corrected chi connectivity index (χ0v) is 15.9. The summed E-state index contributed by atoms with van der Waals surface area (Å²) in [6.07, 6.45) is 2.18. The Morgan fingerprint density at radius 1 is 1.24 bits per heavy atom. The van der Waals surface area contributed by atoms with E-state index >= 15 is 0 Å². The van der Waals surface area contributed by atoms with Crippen LogP contribution in [-0.2, 0) is 9.53 Å². The number of halogens is 1. The minimum Gasteiger partial charge on any atom is -0.378 e. The van der Waals surface area contributed by atoms with Gasteiger partial charge in [-0.05, 0) is 43.9 Å². The Kier molecular flexibility index (Phi) is 6.07. The number of hydrogen-bond donors (Lipinski definition) is 1. The molecule has 6 heteroatoms. The number of ether oxygens (including phenoxy) is 1. The van der Waals surface area contributed by atoms with Gasteiger partial charge in [0.15, 0.2) is 0 Å². The normalized spacial score (nSPS) is 20.4. The fourth-order valence-electron chi connectivity index (χ4n) is 3.50. The summed E-state index contributed by atoms with van der Waals surface area (Å²) in [4.78, 5) is 17.0. The van der Waals surface area contributed by atoms with E-state index in [1.165, 1.54) is 0 Å². The predicted octanol–water partition coefficient (Wildman–Crippen LogP) is 3.24. The Balaban J connectivity index is 1.70. The van der Waals surface area contributed by atoms with E-state index in [0.29, 0.717) is 10.9 Å². The lowest BCUT2D eigenvalue weighted by atomic mass is 9.99. The number of amides is 1. The summed E-state index contributed by atoms with van der Waals surface area (Å²) < 4.78 is 5.44. The number of hydrogen-bond acceptors (Lipinski definition) is 4. The first kappa shape index (κ1) is 18.3. The van der Waals surface area contributed by atoms with E-state index in [4.69, 9.17) is 16.3 Å². The molecule has 2 saturated heterocycles. The third-order valence-corrected chi connectivity index (χ3v) is 5.38. The van der Waals surface area contributed by atoms with Gasteiger partial charge in [0, 0.05) is 31.2 Å². The topological polar surface area (TPSA) is 44.8 Å². The number of nitrogens with zero attached hydrogens (tertiary/aromatic N) is 2. The zero-order valence-electron chi connectivity index (χ0n) is 15.1. The SMILES string of the molecule is CC1CCN(C(=O)[C@H](C)Nc2cc(Cl)ccc2N2CCOCC2)CC1. The summed E-state index contributed by atoms with van der Waals surface area (Å²) in [6.45, 7) is 9.06. The van der Waals surface area contributed by atoms with Crippen molar-refractivity contribution < 1.29 is 9.53 Å². The Morgan fingerprint density at radius 2 is 1.92 bits per heavy atom. The summed E-state index contributed by atoms with van der Waals surface area (Å²) in [5, 5.41) is 4.07. The molecular formula is C19H28ClN3O2. The average Bonchev–Trinajstić information content (AvgIpc) is 2.62. The van der Waals surface area contributed by atoms with E-state index in [1.54, 1.807) is 0 Å². The molecule has 2 aliphatic heterocycles. The summed E-state index contributed by atoms with van der Waals surface area (Å²) >= 11 is 6.20. The molecule has 1 aromatic rings. The molecule has 0 aromatic heterocycles. The Bertz CT molecular complexity index is 596. The number of nitrogens with one attached hydrogen (secondary N) is 1. The molecule has 0 radical (unpaired) electrons. The van der Waals surface area contributed by atoms with Crippen molar-refractivity contribution in [1.82, 2.24) is 4.90 Å². The van der Waals surface area contributed by atoms with Crippen LogP contribution < -0.4 is 10.2 Å². The number of likely N-dealkylation sites (tertiary alicyclic amines) is 1. The van der Waals surface area contributed by atoms with Crippen LogP contribution >= 0.6 is 11.6 Å². The molecule has 1 amide bonds. The summed E-state index contributed by atoms with van der Waals surface area (Å²) in [7, 11) is 0. The van der Waals surface area contributed by atoms with Gasteiger partial charge in [0.1, 0.15) is 6.04 Å². The lowest BCUT2D eigenvalue weighted by Crippen LogP contribution is -2.45. The molecule has 3 rings (SSSR count). The second kappa shape index (κ2) is 8.28. The van der Waals surface area contributed by atoms with Crippen molar-refractivity contribution in [3.63, 3.8) is 0 Å². The van der Waals surface area contributed by atoms with Gasteiger partial charge in [0.05, 0.1) is 24.6 Å². The molecule has 1 aromatic carbocycles. The molecule has 0 unspecified atom stereocenters. The lowest BCUT2D eigenvalue weighted by molar-refractivity contribution is -0.132. The van der Waals surface area contributed by atoms with E-state index in [2.05, 4.69) is 17.1 Å². The summed E-state index contributed by atoms with van der Waals surface area (Å²) in [5.41, 5.74) is 2.00. The highest BCUT2D eigenvalue weighted by Gasteiger charge is 2.25. The van der Waals surface area contributed by atoms with E-state index in [1.807, 2.05) is 30.0 Å². The minimum atomic E-state index is -0.272. The number of anilines is 2. The molecule has 0 saturated carbocycles. The van der Waals surface area contributed by atoms with E-state index in [0.717, 1.165) is 63.6 Å². The first-order valence-electron chi connectivity index (χ1n) is 9.22. The van der Waals surface area contributed by atoms with Gasteiger partial charge in [-0.25, -0.2) is 0 Å². The van der Waals surface area contributed by atoms with Crippen LogP contribution in [0.2, 0.25) is 5.02 Å². The van der Waals surface area contributed by atoms with Gasteiger partial charge in [0.2, 0.25) is 5.91 Å². The molecule has 2 aliphatic rings. The predicted molar refractivity (Wildman–Crippen MR) is 103 cm³/mol. The van der Waals surface area contributed by atoms with Crippen LogP contribution in [0.25, 0.3) is 0 Å². The number of carbonyl (C=O) groups is 1. The van der Waals surface area contributed by atoms with E-state index in [-0.39, 0.29) is 11.9 Å². The molecular weight excluding hydrogens is 338 g/mol. The molecule has 0 bridgehead atoms. The van der Waals surface area contributed by atoms with Crippen LogP contribution in [-0.4, -0.2) is 56.2 Å². The Morgan fingerprint density at radius 3 is 2.60 bits per heavy atom. The average molecular weight is 366 g/mol. The number of morpholine rings is 1. The van der Waals surface area contributed by atoms with Crippen molar-refractivity contribution in [2.24, 2.45) is 5.92 Å². The van der Waals surface area contributed by atoms with Gasteiger partial charge in [-0.3, -0.25) is 4.79 Å². The molecule has 2 fully saturated rings. The van der Waals surface area contributed by atoms with Crippen molar-refractivity contribution in [1.29, 1.82) is 0 Å². The van der Waals surface area contributed by atoms with Crippen LogP contribution in [0.3, 0.4) is 0 Å².